The maximum Gasteiger partial charge on any atom is 0.271 e. The predicted molar refractivity (Wildman–Crippen MR) is 122 cm³/mol. The van der Waals surface area contributed by atoms with Crippen LogP contribution in [0.5, 0.6) is 0 Å². The summed E-state index contributed by atoms with van der Waals surface area (Å²) in [6.45, 7) is 0.0628. The topological polar surface area (TPSA) is 103 Å². The molecule has 3 aromatic carbocycles. The summed E-state index contributed by atoms with van der Waals surface area (Å²) in [6.07, 6.45) is 0.915. The number of aliphatic hydroxyl groups is 1. The number of carbonyl (C=O) groups is 2. The van der Waals surface area contributed by atoms with Crippen molar-refractivity contribution in [2.45, 2.75) is 18.1 Å². The van der Waals surface area contributed by atoms with Gasteiger partial charge in [0, 0.05) is 35.5 Å². The predicted octanol–water partition coefficient (Wildman–Crippen LogP) is 3.13. The minimum atomic E-state index is -0.821. The molecule has 2 aliphatic heterocycles. The number of aliphatic hydroxyl groups excluding tert-OH is 1. The largest absolute Gasteiger partial charge is 0.387 e. The van der Waals surface area contributed by atoms with Crippen molar-refractivity contribution in [2.24, 2.45) is 5.10 Å². The lowest BCUT2D eigenvalue weighted by Crippen LogP contribution is -2.29. The maximum absolute atomic E-state index is 12.9. The number of amides is 2. The van der Waals surface area contributed by atoms with E-state index in [-0.39, 0.29) is 30.3 Å². The van der Waals surface area contributed by atoms with Gasteiger partial charge in [-0.15, -0.1) is 0 Å². The molecule has 32 heavy (non-hydrogen) atoms. The van der Waals surface area contributed by atoms with Crippen LogP contribution in [0.3, 0.4) is 0 Å². The van der Waals surface area contributed by atoms with Gasteiger partial charge < -0.3 is 15.7 Å². The standard InChI is InChI=1S/C25H22N4O3/c30-21(15-7-3-1-4-8-15)14-26-24(31)17-11-18-22-19(13-27-29-25(18)32)23(28-20(22)12-17)16-9-5-2-6-10-16/h1-13,19,21,23,28,30H,14H2,(H,26,31)(H,29,32). The van der Waals surface area contributed by atoms with E-state index in [0.717, 1.165) is 22.4 Å². The van der Waals surface area contributed by atoms with Gasteiger partial charge >= 0.3 is 0 Å². The van der Waals surface area contributed by atoms with Crippen LogP contribution in [-0.2, 0) is 0 Å². The number of anilines is 1. The molecule has 0 aromatic heterocycles. The molecule has 0 fully saturated rings. The SMILES string of the molecule is O=C(NCC(O)c1ccccc1)c1cc2c3c(c1)C(=O)NN=CC3C(c1ccccc1)N2. The fourth-order valence-corrected chi connectivity index (χ4v) is 4.31. The Hall–Kier alpha value is -3.97. The number of hydrazone groups is 1. The summed E-state index contributed by atoms with van der Waals surface area (Å²) in [5.41, 5.74) is 6.65. The molecule has 3 unspecified atom stereocenters. The van der Waals surface area contributed by atoms with E-state index in [0.29, 0.717) is 11.1 Å². The van der Waals surface area contributed by atoms with Crippen LogP contribution >= 0.6 is 0 Å². The fraction of sp³-hybridized carbons (Fsp3) is 0.160. The van der Waals surface area contributed by atoms with Crippen molar-refractivity contribution < 1.29 is 14.7 Å². The molecule has 3 atom stereocenters. The van der Waals surface area contributed by atoms with E-state index in [1.807, 2.05) is 48.5 Å². The van der Waals surface area contributed by atoms with Crippen molar-refractivity contribution in [3.63, 3.8) is 0 Å². The molecule has 0 saturated carbocycles. The Balaban J connectivity index is 1.43. The number of nitrogens with one attached hydrogen (secondary N) is 3. The monoisotopic (exact) mass is 426 g/mol. The van der Waals surface area contributed by atoms with Crippen LogP contribution in [0, 0.1) is 0 Å². The Bertz CT molecular complexity index is 1190. The number of rotatable bonds is 5. The maximum atomic E-state index is 12.9. The quantitative estimate of drug-likeness (QED) is 0.503. The number of benzene rings is 3. The number of hydrogen-bond donors (Lipinski definition) is 4. The zero-order chi connectivity index (χ0) is 22.1. The van der Waals surface area contributed by atoms with E-state index in [1.165, 1.54) is 0 Å². The second-order valence-corrected chi connectivity index (χ2v) is 7.90. The molecule has 2 heterocycles. The molecular formula is C25H22N4O3. The molecule has 7 nitrogen and oxygen atoms in total. The van der Waals surface area contributed by atoms with Crippen LogP contribution in [0.4, 0.5) is 5.69 Å². The van der Waals surface area contributed by atoms with E-state index >= 15 is 0 Å². The first-order chi connectivity index (χ1) is 15.6. The van der Waals surface area contributed by atoms with Gasteiger partial charge in [0.05, 0.1) is 12.1 Å². The first-order valence-corrected chi connectivity index (χ1v) is 10.5. The third kappa shape index (κ3) is 3.63. The van der Waals surface area contributed by atoms with Crippen LogP contribution < -0.4 is 16.1 Å². The van der Waals surface area contributed by atoms with Crippen molar-refractivity contribution >= 4 is 23.7 Å². The second kappa shape index (κ2) is 8.28. The molecule has 0 spiro atoms. The zero-order valence-electron chi connectivity index (χ0n) is 17.2. The highest BCUT2D eigenvalue weighted by atomic mass is 16.3. The summed E-state index contributed by atoms with van der Waals surface area (Å²) in [6, 6.07) is 22.3. The van der Waals surface area contributed by atoms with Gasteiger partial charge in [-0.3, -0.25) is 9.59 Å². The molecular weight excluding hydrogens is 404 g/mol. The van der Waals surface area contributed by atoms with Crippen molar-refractivity contribution in [1.29, 1.82) is 0 Å². The zero-order valence-corrected chi connectivity index (χ0v) is 17.2. The first-order valence-electron chi connectivity index (χ1n) is 10.5. The van der Waals surface area contributed by atoms with Gasteiger partial charge in [0.2, 0.25) is 0 Å². The number of nitrogens with zero attached hydrogens (tertiary/aromatic N) is 1. The van der Waals surface area contributed by atoms with Gasteiger partial charge in [-0.2, -0.15) is 5.10 Å². The normalized spacial score (nSPS) is 19.3. The molecule has 160 valence electrons. The Morgan fingerprint density at radius 1 is 1.06 bits per heavy atom. The molecule has 2 aliphatic rings. The summed E-state index contributed by atoms with van der Waals surface area (Å²) < 4.78 is 0. The van der Waals surface area contributed by atoms with Gasteiger partial charge in [0.1, 0.15) is 0 Å². The van der Waals surface area contributed by atoms with Crippen molar-refractivity contribution in [1.82, 2.24) is 10.7 Å². The van der Waals surface area contributed by atoms with Crippen LogP contribution in [0.15, 0.2) is 77.9 Å². The highest BCUT2D eigenvalue weighted by Gasteiger charge is 2.37. The van der Waals surface area contributed by atoms with Gasteiger partial charge in [-0.05, 0) is 28.8 Å². The third-order valence-electron chi connectivity index (χ3n) is 5.89. The van der Waals surface area contributed by atoms with E-state index in [4.69, 9.17) is 0 Å². The second-order valence-electron chi connectivity index (χ2n) is 7.90. The average molecular weight is 426 g/mol. The van der Waals surface area contributed by atoms with E-state index < -0.39 is 6.10 Å². The molecule has 2 amide bonds. The molecule has 0 radical (unpaired) electrons. The van der Waals surface area contributed by atoms with Gasteiger partial charge in [-0.1, -0.05) is 60.7 Å². The van der Waals surface area contributed by atoms with Crippen LogP contribution in [0.1, 0.15) is 55.5 Å². The summed E-state index contributed by atoms with van der Waals surface area (Å²) in [5, 5.41) is 20.7. The van der Waals surface area contributed by atoms with Crippen LogP contribution in [-0.4, -0.2) is 29.7 Å². The average Bonchev–Trinajstić information content (AvgIpc) is 3.12. The highest BCUT2D eigenvalue weighted by molar-refractivity contribution is 6.05. The summed E-state index contributed by atoms with van der Waals surface area (Å²) >= 11 is 0. The van der Waals surface area contributed by atoms with Gasteiger partial charge in [0.15, 0.2) is 0 Å². The number of hydrogen-bond acceptors (Lipinski definition) is 5. The molecule has 0 aliphatic carbocycles. The lowest BCUT2D eigenvalue weighted by atomic mass is 9.88. The van der Waals surface area contributed by atoms with Crippen LogP contribution in [0.25, 0.3) is 0 Å². The van der Waals surface area contributed by atoms with Crippen molar-refractivity contribution in [3.05, 3.63) is 101 Å². The van der Waals surface area contributed by atoms with E-state index in [1.54, 1.807) is 30.5 Å². The molecule has 5 rings (SSSR count). The highest BCUT2D eigenvalue weighted by Crippen LogP contribution is 2.46. The Kier molecular flexibility index (Phi) is 5.17. The number of carbonyl (C=O) groups excluding carboxylic acids is 2. The summed E-state index contributed by atoms with van der Waals surface area (Å²) in [4.78, 5) is 25.6. The Morgan fingerprint density at radius 3 is 2.53 bits per heavy atom. The smallest absolute Gasteiger partial charge is 0.271 e. The summed E-state index contributed by atoms with van der Waals surface area (Å²) in [5.74, 6) is -0.855. The minimum absolute atomic E-state index is 0.0628. The molecule has 7 heteroatoms. The minimum Gasteiger partial charge on any atom is -0.387 e. The lowest BCUT2D eigenvalue weighted by molar-refractivity contribution is 0.0916. The molecule has 3 aromatic rings. The summed E-state index contributed by atoms with van der Waals surface area (Å²) in [7, 11) is 0. The van der Waals surface area contributed by atoms with E-state index in [2.05, 4.69) is 21.2 Å². The Labute approximate surface area is 185 Å². The molecule has 0 saturated heterocycles. The first kappa shape index (κ1) is 20.0. The van der Waals surface area contributed by atoms with Crippen LogP contribution in [0.2, 0.25) is 0 Å². The third-order valence-corrected chi connectivity index (χ3v) is 5.89. The van der Waals surface area contributed by atoms with Crippen molar-refractivity contribution in [3.8, 4) is 0 Å². The Morgan fingerprint density at radius 2 is 1.78 bits per heavy atom. The van der Waals surface area contributed by atoms with Gasteiger partial charge in [0.25, 0.3) is 11.8 Å². The molecule has 0 bridgehead atoms. The van der Waals surface area contributed by atoms with Gasteiger partial charge in [-0.25, -0.2) is 5.43 Å². The fourth-order valence-electron chi connectivity index (χ4n) is 4.31. The molecule has 4 N–H and O–H groups in total. The lowest BCUT2D eigenvalue weighted by Gasteiger charge is -2.17. The van der Waals surface area contributed by atoms with E-state index in [9.17, 15) is 14.7 Å². The van der Waals surface area contributed by atoms with Crippen molar-refractivity contribution in [2.75, 3.05) is 11.9 Å².